The van der Waals surface area contributed by atoms with Gasteiger partial charge in [-0.15, -0.1) is 0 Å². The fraction of sp³-hybridized carbons (Fsp3) is 0.400. The highest BCUT2D eigenvalue weighted by Gasteiger charge is 2.15. The van der Waals surface area contributed by atoms with Crippen LogP contribution in [0.5, 0.6) is 0 Å². The van der Waals surface area contributed by atoms with E-state index in [-0.39, 0.29) is 6.23 Å². The van der Waals surface area contributed by atoms with Gasteiger partial charge >= 0.3 is 0 Å². The molecule has 0 aromatic heterocycles. The molecule has 0 spiro atoms. The summed E-state index contributed by atoms with van der Waals surface area (Å²) in [7, 11) is 1.50. The molecule has 2 rings (SSSR count). The first kappa shape index (κ1) is 10.2. The van der Waals surface area contributed by atoms with Gasteiger partial charge in [0.25, 0.3) is 0 Å². The van der Waals surface area contributed by atoms with Crippen LogP contribution in [0.4, 0.5) is 0 Å². The van der Waals surface area contributed by atoms with E-state index in [2.05, 4.69) is 11.8 Å². The number of fused-ring (bicyclic) bond motifs is 1. The maximum atomic E-state index is 5.72. The smallest absolute Gasteiger partial charge is 0.132 e. The molecule has 0 amide bonds. The van der Waals surface area contributed by atoms with Crippen molar-refractivity contribution >= 4 is 0 Å². The number of rotatable bonds is 0. The van der Waals surface area contributed by atoms with Gasteiger partial charge in [0.05, 0.1) is 6.61 Å². The predicted octanol–water partition coefficient (Wildman–Crippen LogP) is 0.791. The van der Waals surface area contributed by atoms with E-state index in [9.17, 15) is 0 Å². The van der Waals surface area contributed by atoms with E-state index in [1.807, 2.05) is 18.2 Å². The van der Waals surface area contributed by atoms with E-state index in [1.54, 1.807) is 0 Å². The highest BCUT2D eigenvalue weighted by atomic mass is 16.5. The van der Waals surface area contributed by atoms with Crippen LogP contribution in [-0.4, -0.2) is 13.7 Å². The van der Waals surface area contributed by atoms with Crippen LogP contribution in [-0.2, 0) is 11.2 Å². The Balaban J connectivity index is 0.000000396. The zero-order valence-electron chi connectivity index (χ0n) is 7.86. The minimum atomic E-state index is -0.208. The molecule has 1 aliphatic heterocycles. The Morgan fingerprint density at radius 3 is 2.69 bits per heavy atom. The largest absolute Gasteiger partial charge is 0.359 e. The van der Waals surface area contributed by atoms with Crippen LogP contribution < -0.4 is 11.5 Å². The highest BCUT2D eigenvalue weighted by Crippen LogP contribution is 2.22. The summed E-state index contributed by atoms with van der Waals surface area (Å²) in [5, 5.41) is 0. The van der Waals surface area contributed by atoms with Crippen molar-refractivity contribution in [3.05, 3.63) is 35.4 Å². The first-order valence-corrected chi connectivity index (χ1v) is 4.40. The van der Waals surface area contributed by atoms with Crippen molar-refractivity contribution in [2.75, 3.05) is 13.7 Å². The fourth-order valence-electron chi connectivity index (χ4n) is 1.43. The third kappa shape index (κ3) is 2.28. The van der Waals surface area contributed by atoms with E-state index in [1.165, 1.54) is 12.6 Å². The van der Waals surface area contributed by atoms with Gasteiger partial charge in [0.15, 0.2) is 0 Å². The van der Waals surface area contributed by atoms with Gasteiger partial charge < -0.3 is 16.2 Å². The maximum Gasteiger partial charge on any atom is 0.132 e. The topological polar surface area (TPSA) is 61.3 Å². The predicted molar refractivity (Wildman–Crippen MR) is 53.1 cm³/mol. The molecular weight excluding hydrogens is 164 g/mol. The molecule has 1 aromatic carbocycles. The summed E-state index contributed by atoms with van der Waals surface area (Å²) in [5.41, 5.74) is 12.7. The molecule has 0 radical (unpaired) electrons. The Morgan fingerprint density at radius 1 is 1.31 bits per heavy atom. The van der Waals surface area contributed by atoms with Crippen molar-refractivity contribution in [2.45, 2.75) is 12.6 Å². The van der Waals surface area contributed by atoms with Crippen molar-refractivity contribution in [1.82, 2.24) is 0 Å². The molecule has 1 atom stereocenters. The van der Waals surface area contributed by atoms with Crippen molar-refractivity contribution in [3.8, 4) is 0 Å². The van der Waals surface area contributed by atoms with Crippen LogP contribution in [0.3, 0.4) is 0 Å². The molecule has 3 heteroatoms. The van der Waals surface area contributed by atoms with E-state index < -0.39 is 0 Å². The van der Waals surface area contributed by atoms with Crippen LogP contribution >= 0.6 is 0 Å². The molecule has 0 saturated heterocycles. The molecular formula is C10H16N2O. The molecule has 4 N–H and O–H groups in total. The summed E-state index contributed by atoms with van der Waals surface area (Å²) in [6.07, 6.45) is 0.782. The summed E-state index contributed by atoms with van der Waals surface area (Å²) < 4.78 is 5.28. The van der Waals surface area contributed by atoms with Crippen LogP contribution in [0.25, 0.3) is 0 Å². The monoisotopic (exact) mass is 180 g/mol. The van der Waals surface area contributed by atoms with Crippen LogP contribution in [0.1, 0.15) is 17.4 Å². The van der Waals surface area contributed by atoms with Crippen molar-refractivity contribution in [1.29, 1.82) is 0 Å². The third-order valence-electron chi connectivity index (χ3n) is 2.03. The van der Waals surface area contributed by atoms with Gasteiger partial charge in [-0.2, -0.15) is 0 Å². The molecule has 3 nitrogen and oxygen atoms in total. The summed E-state index contributed by atoms with van der Waals surface area (Å²) in [6.45, 7) is 0.748. The Morgan fingerprint density at radius 2 is 2.00 bits per heavy atom. The number of hydrogen-bond acceptors (Lipinski definition) is 3. The first-order chi connectivity index (χ1) is 6.38. The first-order valence-electron chi connectivity index (χ1n) is 4.40. The molecule has 1 aromatic rings. The summed E-state index contributed by atoms with van der Waals surface area (Å²) in [4.78, 5) is 0. The quantitative estimate of drug-likeness (QED) is 0.620. The lowest BCUT2D eigenvalue weighted by Crippen LogP contribution is -2.22. The zero-order chi connectivity index (χ0) is 9.68. The molecule has 1 aliphatic rings. The van der Waals surface area contributed by atoms with E-state index in [0.29, 0.717) is 0 Å². The van der Waals surface area contributed by atoms with Gasteiger partial charge in [0.1, 0.15) is 6.23 Å². The lowest BCUT2D eigenvalue weighted by Gasteiger charge is -2.22. The van der Waals surface area contributed by atoms with Crippen LogP contribution in [0.2, 0.25) is 0 Å². The lowest BCUT2D eigenvalue weighted by molar-refractivity contribution is 0.0470. The number of benzene rings is 1. The Hall–Kier alpha value is -0.900. The average molecular weight is 180 g/mol. The van der Waals surface area contributed by atoms with E-state index in [0.717, 1.165) is 18.6 Å². The van der Waals surface area contributed by atoms with Gasteiger partial charge in [-0.25, -0.2) is 0 Å². The molecule has 0 saturated carbocycles. The zero-order valence-corrected chi connectivity index (χ0v) is 7.86. The van der Waals surface area contributed by atoms with Crippen molar-refractivity contribution < 1.29 is 4.74 Å². The standard InChI is InChI=1S/C9H11NO.CH5N/c10-9-8-4-2-1-3-7(8)5-6-11-9;1-2/h1-4,9H,5-6,10H2;2H2,1H3. The summed E-state index contributed by atoms with van der Waals surface area (Å²) >= 11 is 0. The Kier molecular flexibility index (Phi) is 3.89. The minimum Gasteiger partial charge on any atom is -0.359 e. The summed E-state index contributed by atoms with van der Waals surface area (Å²) in [5.74, 6) is 0. The third-order valence-corrected chi connectivity index (χ3v) is 2.03. The fourth-order valence-corrected chi connectivity index (χ4v) is 1.43. The SMILES string of the molecule is CN.NC1OCCc2ccccc21. The average Bonchev–Trinajstić information content (AvgIpc) is 2.22. The lowest BCUT2D eigenvalue weighted by atomic mass is 10.0. The summed E-state index contributed by atoms with van der Waals surface area (Å²) in [6, 6.07) is 8.17. The Bertz CT molecular complexity index is 263. The van der Waals surface area contributed by atoms with E-state index in [4.69, 9.17) is 10.5 Å². The Labute approximate surface area is 78.7 Å². The van der Waals surface area contributed by atoms with E-state index >= 15 is 0 Å². The van der Waals surface area contributed by atoms with Gasteiger partial charge in [0, 0.05) is 0 Å². The van der Waals surface area contributed by atoms with Crippen molar-refractivity contribution in [2.24, 2.45) is 11.5 Å². The normalized spacial score (nSPS) is 19.8. The molecule has 1 unspecified atom stereocenters. The number of nitrogens with two attached hydrogens (primary N) is 2. The second-order valence-electron chi connectivity index (χ2n) is 2.74. The van der Waals surface area contributed by atoms with Gasteiger partial charge in [0.2, 0.25) is 0 Å². The second kappa shape index (κ2) is 4.97. The van der Waals surface area contributed by atoms with Gasteiger partial charge in [-0.1, -0.05) is 24.3 Å². The second-order valence-corrected chi connectivity index (χ2v) is 2.74. The van der Waals surface area contributed by atoms with Crippen LogP contribution in [0, 0.1) is 0 Å². The molecule has 0 bridgehead atoms. The highest BCUT2D eigenvalue weighted by molar-refractivity contribution is 5.30. The number of ether oxygens (including phenoxy) is 1. The maximum absolute atomic E-state index is 5.72. The van der Waals surface area contributed by atoms with Crippen LogP contribution in [0.15, 0.2) is 24.3 Å². The molecule has 13 heavy (non-hydrogen) atoms. The van der Waals surface area contributed by atoms with Crippen molar-refractivity contribution in [3.63, 3.8) is 0 Å². The molecule has 0 fully saturated rings. The van der Waals surface area contributed by atoms with Gasteiger partial charge in [-0.3, -0.25) is 0 Å². The minimum absolute atomic E-state index is 0.208. The molecule has 0 aliphatic carbocycles. The number of hydrogen-bond donors (Lipinski definition) is 2. The molecule has 72 valence electrons. The molecule has 1 heterocycles. The van der Waals surface area contributed by atoms with Gasteiger partial charge in [-0.05, 0) is 24.6 Å².